The highest BCUT2D eigenvalue weighted by Crippen LogP contribution is 2.36. The minimum atomic E-state index is -0.181. The molecule has 1 aliphatic rings. The van der Waals surface area contributed by atoms with Crippen molar-refractivity contribution in [3.05, 3.63) is 35.1 Å². The van der Waals surface area contributed by atoms with Crippen LogP contribution in [-0.4, -0.2) is 0 Å². The van der Waals surface area contributed by atoms with Crippen molar-refractivity contribution in [1.29, 1.82) is 0 Å². The van der Waals surface area contributed by atoms with Gasteiger partial charge in [0.1, 0.15) is 5.82 Å². The van der Waals surface area contributed by atoms with Gasteiger partial charge in [-0.1, -0.05) is 18.9 Å². The van der Waals surface area contributed by atoms with Gasteiger partial charge in [-0.25, -0.2) is 4.39 Å². The van der Waals surface area contributed by atoms with E-state index in [0.717, 1.165) is 23.5 Å². The van der Waals surface area contributed by atoms with E-state index >= 15 is 0 Å². The monoisotopic (exact) mass is 222 g/mol. The lowest BCUT2D eigenvalue weighted by molar-refractivity contribution is 0.479. The summed E-state index contributed by atoms with van der Waals surface area (Å²) in [5.74, 6) is 6.29. The fraction of sp³-hybridized carbons (Fsp3) is 0.538. The molecule has 2 rings (SSSR count). The average molecular weight is 222 g/mol. The molecule has 1 atom stereocenters. The average Bonchev–Trinajstić information content (AvgIpc) is 3.05. The summed E-state index contributed by atoms with van der Waals surface area (Å²) in [6.07, 6.45) is 4.97. The number of halogens is 1. The molecule has 1 aromatic carbocycles. The topological polar surface area (TPSA) is 38.0 Å². The Hall–Kier alpha value is -0.930. The molecule has 0 radical (unpaired) electrons. The van der Waals surface area contributed by atoms with Crippen LogP contribution >= 0.6 is 0 Å². The summed E-state index contributed by atoms with van der Waals surface area (Å²) in [7, 11) is 0. The van der Waals surface area contributed by atoms with Gasteiger partial charge in [0.05, 0.1) is 0 Å². The number of hydrogen-bond donors (Lipinski definition) is 2. The first kappa shape index (κ1) is 11.6. The third kappa shape index (κ3) is 2.80. The third-order valence-electron chi connectivity index (χ3n) is 3.37. The van der Waals surface area contributed by atoms with Crippen molar-refractivity contribution in [2.75, 3.05) is 0 Å². The molecule has 0 spiro atoms. The number of nitrogens with two attached hydrogens (primary N) is 1. The minimum Gasteiger partial charge on any atom is -0.271 e. The molecule has 3 heteroatoms. The van der Waals surface area contributed by atoms with Crippen LogP contribution in [0.25, 0.3) is 0 Å². The van der Waals surface area contributed by atoms with Crippen LogP contribution in [0.15, 0.2) is 18.2 Å². The standard InChI is InChI=1S/C13H19FN2/c1-9-8-11(14)5-6-12(9)13(16-15)7-4-10-2-3-10/h5-6,8,10,13,16H,2-4,7,15H2,1H3. The van der Waals surface area contributed by atoms with E-state index in [1.54, 1.807) is 6.07 Å². The lowest BCUT2D eigenvalue weighted by Gasteiger charge is -2.18. The molecule has 16 heavy (non-hydrogen) atoms. The highest BCUT2D eigenvalue weighted by molar-refractivity contribution is 5.29. The maximum Gasteiger partial charge on any atom is 0.123 e. The van der Waals surface area contributed by atoms with Gasteiger partial charge in [-0.15, -0.1) is 0 Å². The van der Waals surface area contributed by atoms with E-state index in [2.05, 4.69) is 5.43 Å². The van der Waals surface area contributed by atoms with Crippen molar-refractivity contribution >= 4 is 0 Å². The van der Waals surface area contributed by atoms with Crippen molar-refractivity contribution < 1.29 is 4.39 Å². The Bertz CT molecular complexity index is 361. The normalized spacial score (nSPS) is 17.4. The first-order chi connectivity index (χ1) is 7.70. The number of aryl methyl sites for hydroxylation is 1. The van der Waals surface area contributed by atoms with E-state index in [1.165, 1.54) is 25.3 Å². The molecule has 0 bridgehead atoms. The second kappa shape index (κ2) is 4.93. The van der Waals surface area contributed by atoms with Gasteiger partial charge in [-0.05, 0) is 48.9 Å². The number of hydrogen-bond acceptors (Lipinski definition) is 2. The molecule has 0 heterocycles. The Morgan fingerprint density at radius 2 is 2.25 bits per heavy atom. The van der Waals surface area contributed by atoms with Gasteiger partial charge in [0.2, 0.25) is 0 Å². The first-order valence-corrected chi connectivity index (χ1v) is 5.93. The van der Waals surface area contributed by atoms with Gasteiger partial charge < -0.3 is 0 Å². The van der Waals surface area contributed by atoms with Crippen molar-refractivity contribution in [1.82, 2.24) is 5.43 Å². The molecule has 0 aromatic heterocycles. The zero-order valence-corrected chi connectivity index (χ0v) is 9.67. The SMILES string of the molecule is Cc1cc(F)ccc1C(CCC1CC1)NN. The molecule has 1 aromatic rings. The van der Waals surface area contributed by atoms with Gasteiger partial charge in [0.25, 0.3) is 0 Å². The lowest BCUT2D eigenvalue weighted by Crippen LogP contribution is -2.28. The number of nitrogens with one attached hydrogen (secondary N) is 1. The molecule has 1 fully saturated rings. The van der Waals surface area contributed by atoms with Crippen LogP contribution in [0, 0.1) is 18.7 Å². The Kier molecular flexibility index (Phi) is 3.56. The largest absolute Gasteiger partial charge is 0.271 e. The number of rotatable bonds is 5. The van der Waals surface area contributed by atoms with Crippen molar-refractivity contribution in [2.24, 2.45) is 11.8 Å². The van der Waals surface area contributed by atoms with Gasteiger partial charge >= 0.3 is 0 Å². The summed E-state index contributed by atoms with van der Waals surface area (Å²) in [6.45, 7) is 1.93. The molecule has 88 valence electrons. The molecule has 1 saturated carbocycles. The van der Waals surface area contributed by atoms with Crippen molar-refractivity contribution in [3.8, 4) is 0 Å². The molecule has 3 N–H and O–H groups in total. The summed E-state index contributed by atoms with van der Waals surface area (Å²) in [5.41, 5.74) is 4.93. The van der Waals surface area contributed by atoms with Crippen LogP contribution in [0.3, 0.4) is 0 Å². The first-order valence-electron chi connectivity index (χ1n) is 5.93. The van der Waals surface area contributed by atoms with Crippen molar-refractivity contribution in [2.45, 2.75) is 38.6 Å². The third-order valence-corrected chi connectivity index (χ3v) is 3.37. The Morgan fingerprint density at radius 1 is 1.50 bits per heavy atom. The van der Waals surface area contributed by atoms with E-state index in [-0.39, 0.29) is 11.9 Å². The van der Waals surface area contributed by atoms with Gasteiger partial charge in [-0.2, -0.15) is 0 Å². The molecule has 0 saturated heterocycles. The summed E-state index contributed by atoms with van der Waals surface area (Å²) >= 11 is 0. The minimum absolute atomic E-state index is 0.154. The van der Waals surface area contributed by atoms with Crippen LogP contribution in [0.1, 0.15) is 42.9 Å². The molecular formula is C13H19FN2. The summed E-state index contributed by atoms with van der Waals surface area (Å²) in [6, 6.07) is 5.06. The predicted molar refractivity (Wildman–Crippen MR) is 63.2 cm³/mol. The van der Waals surface area contributed by atoms with Crippen LogP contribution in [0.4, 0.5) is 4.39 Å². The van der Waals surface area contributed by atoms with Gasteiger partial charge in [0.15, 0.2) is 0 Å². The molecule has 1 aliphatic carbocycles. The second-order valence-electron chi connectivity index (χ2n) is 4.74. The van der Waals surface area contributed by atoms with Gasteiger partial charge in [0, 0.05) is 6.04 Å². The zero-order valence-electron chi connectivity index (χ0n) is 9.67. The zero-order chi connectivity index (χ0) is 11.5. The lowest BCUT2D eigenvalue weighted by atomic mass is 9.97. The Morgan fingerprint density at radius 3 is 2.81 bits per heavy atom. The van der Waals surface area contributed by atoms with Crippen LogP contribution in [-0.2, 0) is 0 Å². The Labute approximate surface area is 96.0 Å². The molecule has 0 aliphatic heterocycles. The fourth-order valence-corrected chi connectivity index (χ4v) is 2.17. The van der Waals surface area contributed by atoms with E-state index in [1.807, 2.05) is 13.0 Å². The number of hydrazine groups is 1. The van der Waals surface area contributed by atoms with Crippen LogP contribution in [0.5, 0.6) is 0 Å². The highest BCUT2D eigenvalue weighted by atomic mass is 19.1. The Balaban J connectivity index is 2.05. The van der Waals surface area contributed by atoms with E-state index in [0.29, 0.717) is 0 Å². The van der Waals surface area contributed by atoms with Gasteiger partial charge in [-0.3, -0.25) is 11.3 Å². The second-order valence-corrected chi connectivity index (χ2v) is 4.74. The van der Waals surface area contributed by atoms with E-state index in [9.17, 15) is 4.39 Å². The van der Waals surface area contributed by atoms with E-state index in [4.69, 9.17) is 5.84 Å². The smallest absolute Gasteiger partial charge is 0.123 e. The maximum absolute atomic E-state index is 13.0. The maximum atomic E-state index is 13.0. The van der Waals surface area contributed by atoms with Crippen LogP contribution < -0.4 is 11.3 Å². The molecule has 2 nitrogen and oxygen atoms in total. The van der Waals surface area contributed by atoms with Crippen LogP contribution in [0.2, 0.25) is 0 Å². The molecule has 1 unspecified atom stereocenters. The highest BCUT2D eigenvalue weighted by Gasteiger charge is 2.23. The predicted octanol–water partition coefficient (Wildman–Crippen LogP) is 2.83. The molecule has 0 amide bonds. The summed E-state index contributed by atoms with van der Waals surface area (Å²) in [4.78, 5) is 0. The summed E-state index contributed by atoms with van der Waals surface area (Å²) in [5, 5.41) is 0. The van der Waals surface area contributed by atoms with Crippen molar-refractivity contribution in [3.63, 3.8) is 0 Å². The fourth-order valence-electron chi connectivity index (χ4n) is 2.17. The molecular weight excluding hydrogens is 203 g/mol. The summed E-state index contributed by atoms with van der Waals surface area (Å²) < 4.78 is 13.0. The quantitative estimate of drug-likeness (QED) is 0.594. The van der Waals surface area contributed by atoms with E-state index < -0.39 is 0 Å². The number of benzene rings is 1.